The maximum absolute atomic E-state index is 11.9. The van der Waals surface area contributed by atoms with E-state index in [0.29, 0.717) is 23.9 Å². The minimum Gasteiger partial charge on any atom is -0.368 e. The summed E-state index contributed by atoms with van der Waals surface area (Å²) in [5, 5.41) is 14.8. The molecule has 0 radical (unpaired) electrons. The van der Waals surface area contributed by atoms with Crippen LogP contribution in [0.3, 0.4) is 0 Å². The third-order valence-electron chi connectivity index (χ3n) is 5.54. The van der Waals surface area contributed by atoms with E-state index in [4.69, 9.17) is 12.2 Å². The fourth-order valence-corrected chi connectivity index (χ4v) is 4.03. The molecule has 9 heteroatoms. The molecule has 1 N–H and O–H groups in total. The molecule has 0 unspecified atom stereocenters. The molecule has 2 aliphatic rings. The third kappa shape index (κ3) is 5.14. The number of piperazine rings is 1. The minimum atomic E-state index is -0.290. The van der Waals surface area contributed by atoms with Crippen LogP contribution in [0, 0.1) is 16.0 Å². The lowest BCUT2D eigenvalue weighted by Gasteiger charge is -2.38. The normalized spacial score (nSPS) is 17.4. The number of nitrogens with one attached hydrogen (secondary N) is 1. The number of hydrogen-bond donors (Lipinski definition) is 1. The number of rotatable bonds is 4. The Labute approximate surface area is 177 Å². The van der Waals surface area contributed by atoms with Gasteiger partial charge in [-0.25, -0.2) is 0 Å². The van der Waals surface area contributed by atoms with E-state index >= 15 is 0 Å². The summed E-state index contributed by atoms with van der Waals surface area (Å²) in [4.78, 5) is 29.4. The van der Waals surface area contributed by atoms with Crippen LogP contribution in [0.15, 0.2) is 18.2 Å². The van der Waals surface area contributed by atoms with E-state index in [-0.39, 0.29) is 22.4 Å². The first-order valence-electron chi connectivity index (χ1n) is 10.2. The molecule has 1 aromatic rings. The van der Waals surface area contributed by atoms with Crippen molar-refractivity contribution in [1.29, 1.82) is 0 Å². The van der Waals surface area contributed by atoms with Crippen LogP contribution in [-0.2, 0) is 4.79 Å². The number of piperidine rings is 1. The zero-order chi connectivity index (χ0) is 21.0. The number of thiocarbonyl (C=S) groups is 1. The summed E-state index contributed by atoms with van der Waals surface area (Å²) in [6, 6.07) is 5.41. The van der Waals surface area contributed by atoms with Crippen molar-refractivity contribution in [2.75, 3.05) is 49.1 Å². The van der Waals surface area contributed by atoms with Crippen molar-refractivity contribution in [3.63, 3.8) is 0 Å². The van der Waals surface area contributed by atoms with Gasteiger partial charge in [0.05, 0.1) is 4.92 Å². The molecule has 0 bridgehead atoms. The third-order valence-corrected chi connectivity index (χ3v) is 5.90. The fraction of sp³-hybridized carbons (Fsp3) is 0.600. The maximum Gasteiger partial charge on any atom is 0.292 e. The lowest BCUT2D eigenvalue weighted by Crippen LogP contribution is -2.53. The highest BCUT2D eigenvalue weighted by Gasteiger charge is 2.25. The predicted octanol–water partition coefficient (Wildman–Crippen LogP) is 2.76. The Hall–Kier alpha value is -2.42. The molecule has 2 fully saturated rings. The van der Waals surface area contributed by atoms with Crippen LogP contribution >= 0.6 is 12.2 Å². The molecule has 2 heterocycles. The topological polar surface area (TPSA) is 82.0 Å². The van der Waals surface area contributed by atoms with E-state index in [1.165, 1.54) is 6.42 Å². The molecule has 29 heavy (non-hydrogen) atoms. The molecule has 158 valence electrons. The second kappa shape index (κ2) is 9.39. The summed E-state index contributed by atoms with van der Waals surface area (Å²) in [6.45, 7) is 8.29. The van der Waals surface area contributed by atoms with Gasteiger partial charge in [0.1, 0.15) is 5.69 Å². The molecule has 0 saturated carbocycles. The zero-order valence-corrected chi connectivity index (χ0v) is 17.9. The first-order chi connectivity index (χ1) is 13.9. The van der Waals surface area contributed by atoms with Gasteiger partial charge >= 0.3 is 0 Å². The van der Waals surface area contributed by atoms with E-state index in [9.17, 15) is 14.9 Å². The van der Waals surface area contributed by atoms with Crippen molar-refractivity contribution in [3.05, 3.63) is 28.3 Å². The van der Waals surface area contributed by atoms with Crippen LogP contribution in [0.1, 0.15) is 33.1 Å². The van der Waals surface area contributed by atoms with Gasteiger partial charge in [0.2, 0.25) is 5.91 Å². The number of nitro benzene ring substituents is 1. The van der Waals surface area contributed by atoms with Gasteiger partial charge in [0.25, 0.3) is 5.69 Å². The van der Waals surface area contributed by atoms with E-state index in [0.717, 1.165) is 44.7 Å². The molecule has 2 aliphatic heterocycles. The number of carbonyl (C=O) groups excluding carboxylic acids is 1. The van der Waals surface area contributed by atoms with Crippen LogP contribution in [-0.4, -0.2) is 60.1 Å². The van der Waals surface area contributed by atoms with E-state index < -0.39 is 0 Å². The standard InChI is InChI=1S/C20H29N5O3S/c1-15(2)19(26)21-20(29)24-12-10-22(11-13-24)16-6-7-17(25(27)28)18(14-16)23-8-4-3-5-9-23/h6-7,14-15H,3-5,8-13H2,1-2H3,(H,21,26,29). The number of amides is 1. The predicted molar refractivity (Wildman–Crippen MR) is 119 cm³/mol. The van der Waals surface area contributed by atoms with E-state index in [2.05, 4.69) is 15.1 Å². The highest BCUT2D eigenvalue weighted by atomic mass is 32.1. The van der Waals surface area contributed by atoms with Crippen LogP contribution in [0.2, 0.25) is 0 Å². The highest BCUT2D eigenvalue weighted by molar-refractivity contribution is 7.80. The fourth-order valence-electron chi connectivity index (χ4n) is 3.75. The quantitative estimate of drug-likeness (QED) is 0.456. The van der Waals surface area contributed by atoms with Gasteiger partial charge in [-0.15, -0.1) is 0 Å². The largest absolute Gasteiger partial charge is 0.368 e. The van der Waals surface area contributed by atoms with Crippen molar-refractivity contribution in [3.8, 4) is 0 Å². The average Bonchev–Trinajstić information content (AvgIpc) is 2.73. The molecule has 2 saturated heterocycles. The Morgan fingerprint density at radius 1 is 1.07 bits per heavy atom. The number of benzene rings is 1. The van der Waals surface area contributed by atoms with Crippen LogP contribution in [0.5, 0.6) is 0 Å². The van der Waals surface area contributed by atoms with Crippen LogP contribution < -0.4 is 15.1 Å². The first kappa shape index (κ1) is 21.3. The van der Waals surface area contributed by atoms with E-state index in [1.807, 2.05) is 30.9 Å². The van der Waals surface area contributed by atoms with Gasteiger partial charge in [0, 0.05) is 56.9 Å². The van der Waals surface area contributed by atoms with Crippen molar-refractivity contribution in [2.45, 2.75) is 33.1 Å². The smallest absolute Gasteiger partial charge is 0.292 e. The van der Waals surface area contributed by atoms with Crippen LogP contribution in [0.25, 0.3) is 0 Å². The summed E-state index contributed by atoms with van der Waals surface area (Å²) >= 11 is 5.37. The highest BCUT2D eigenvalue weighted by Crippen LogP contribution is 2.34. The van der Waals surface area contributed by atoms with E-state index in [1.54, 1.807) is 6.07 Å². The van der Waals surface area contributed by atoms with Gasteiger partial charge in [-0.05, 0) is 43.6 Å². The van der Waals surface area contributed by atoms with Crippen molar-refractivity contribution in [2.24, 2.45) is 5.92 Å². The van der Waals surface area contributed by atoms with Gasteiger partial charge in [-0.2, -0.15) is 0 Å². The number of carbonyl (C=O) groups is 1. The Morgan fingerprint density at radius 3 is 2.31 bits per heavy atom. The molecule has 0 aromatic heterocycles. The molecule has 1 amide bonds. The monoisotopic (exact) mass is 419 g/mol. The summed E-state index contributed by atoms with van der Waals surface area (Å²) in [7, 11) is 0. The Balaban J connectivity index is 1.68. The molecule has 3 rings (SSSR count). The van der Waals surface area contributed by atoms with Crippen LogP contribution in [0.4, 0.5) is 17.1 Å². The molecule has 0 spiro atoms. The van der Waals surface area contributed by atoms with Crippen molar-refractivity contribution >= 4 is 40.3 Å². The first-order valence-corrected chi connectivity index (χ1v) is 10.7. The molecular weight excluding hydrogens is 390 g/mol. The van der Waals surface area contributed by atoms with Gasteiger partial charge in [0.15, 0.2) is 5.11 Å². The molecule has 8 nitrogen and oxygen atoms in total. The summed E-state index contributed by atoms with van der Waals surface area (Å²) in [5.41, 5.74) is 1.88. The second-order valence-corrected chi connectivity index (χ2v) is 8.29. The average molecular weight is 420 g/mol. The summed E-state index contributed by atoms with van der Waals surface area (Å²) < 4.78 is 0. The number of anilines is 2. The van der Waals surface area contributed by atoms with Gasteiger partial charge in [-0.3, -0.25) is 14.9 Å². The molecule has 1 aromatic carbocycles. The minimum absolute atomic E-state index is 0.0704. The number of nitrogens with zero attached hydrogens (tertiary/aromatic N) is 4. The maximum atomic E-state index is 11.9. The Kier molecular flexibility index (Phi) is 6.89. The molecule has 0 aliphatic carbocycles. The van der Waals surface area contributed by atoms with Crippen molar-refractivity contribution in [1.82, 2.24) is 10.2 Å². The van der Waals surface area contributed by atoms with Gasteiger partial charge < -0.3 is 20.0 Å². The molecular formula is C20H29N5O3S. The lowest BCUT2D eigenvalue weighted by molar-refractivity contribution is -0.384. The lowest BCUT2D eigenvalue weighted by atomic mass is 10.1. The number of hydrogen-bond acceptors (Lipinski definition) is 6. The van der Waals surface area contributed by atoms with Gasteiger partial charge in [-0.1, -0.05) is 13.8 Å². The second-order valence-electron chi connectivity index (χ2n) is 7.90. The zero-order valence-electron chi connectivity index (χ0n) is 17.1. The summed E-state index contributed by atoms with van der Waals surface area (Å²) in [5.74, 6) is -0.179. The summed E-state index contributed by atoms with van der Waals surface area (Å²) in [6.07, 6.45) is 3.32. The number of nitro groups is 1. The Morgan fingerprint density at radius 2 is 1.72 bits per heavy atom. The Bertz CT molecular complexity index is 771. The van der Waals surface area contributed by atoms with Crippen molar-refractivity contribution < 1.29 is 9.72 Å². The molecule has 0 atom stereocenters. The SMILES string of the molecule is CC(C)C(=O)NC(=S)N1CCN(c2ccc([N+](=O)[O-])c(N3CCCCC3)c2)CC1.